The predicted octanol–water partition coefficient (Wildman–Crippen LogP) is 2.83. The molecule has 0 saturated carbocycles. The zero-order valence-electron chi connectivity index (χ0n) is 14.3. The van der Waals surface area contributed by atoms with Gasteiger partial charge in [0.05, 0.1) is 5.71 Å². The molecule has 2 aliphatic rings. The Labute approximate surface area is 156 Å². The third kappa shape index (κ3) is 3.30. The van der Waals surface area contributed by atoms with Crippen LogP contribution >= 0.6 is 12.2 Å². The van der Waals surface area contributed by atoms with Crippen LogP contribution in [0, 0.1) is 6.92 Å². The summed E-state index contributed by atoms with van der Waals surface area (Å²) in [5.74, 6) is 2.29. The number of thiocarbonyl (C=S) groups is 1. The summed E-state index contributed by atoms with van der Waals surface area (Å²) in [6.45, 7) is 3.15. The van der Waals surface area contributed by atoms with E-state index in [2.05, 4.69) is 10.5 Å². The van der Waals surface area contributed by atoms with Crippen LogP contribution in [0.4, 0.5) is 0 Å². The highest BCUT2D eigenvalue weighted by atomic mass is 32.1. The largest absolute Gasteiger partial charge is 0.486 e. The molecule has 3 N–H and O–H groups in total. The van der Waals surface area contributed by atoms with Crippen LogP contribution in [0.15, 0.2) is 41.5 Å². The van der Waals surface area contributed by atoms with Gasteiger partial charge in [-0.25, -0.2) is 0 Å². The van der Waals surface area contributed by atoms with Crippen molar-refractivity contribution in [2.45, 2.75) is 19.4 Å². The Morgan fingerprint density at radius 3 is 2.73 bits per heavy atom. The van der Waals surface area contributed by atoms with Gasteiger partial charge in [0, 0.05) is 12.0 Å². The van der Waals surface area contributed by atoms with Gasteiger partial charge in [0.25, 0.3) is 0 Å². The monoisotopic (exact) mass is 369 g/mol. The first-order chi connectivity index (χ1) is 12.6. The maximum Gasteiger partial charge on any atom is 0.184 e. The van der Waals surface area contributed by atoms with Gasteiger partial charge in [-0.3, -0.25) is 5.43 Å². The Bertz CT molecular complexity index is 898. The van der Waals surface area contributed by atoms with Gasteiger partial charge in [-0.15, -0.1) is 0 Å². The maximum absolute atomic E-state index is 6.26. The number of rotatable bonds is 2. The molecule has 134 valence electrons. The van der Waals surface area contributed by atoms with Crippen molar-refractivity contribution in [1.29, 1.82) is 0 Å². The molecule has 2 heterocycles. The molecule has 0 radical (unpaired) electrons. The molecule has 6 nitrogen and oxygen atoms in total. The van der Waals surface area contributed by atoms with E-state index in [0.717, 1.165) is 39.7 Å². The number of nitrogens with zero attached hydrogens (tertiary/aromatic N) is 1. The second-order valence-electron chi connectivity index (χ2n) is 6.25. The van der Waals surface area contributed by atoms with Crippen LogP contribution < -0.4 is 25.4 Å². The van der Waals surface area contributed by atoms with Crippen molar-refractivity contribution >= 4 is 23.0 Å². The molecule has 0 fully saturated rings. The summed E-state index contributed by atoms with van der Waals surface area (Å²) in [5, 5.41) is 4.51. The third-order valence-electron chi connectivity index (χ3n) is 4.34. The van der Waals surface area contributed by atoms with Gasteiger partial charge in [0.15, 0.2) is 16.6 Å². The normalized spacial score (nSPS) is 19.4. The van der Waals surface area contributed by atoms with Crippen LogP contribution in [-0.4, -0.2) is 24.0 Å². The molecule has 0 spiro atoms. The molecule has 2 aromatic carbocycles. The molecule has 0 aliphatic carbocycles. The molecule has 1 unspecified atom stereocenters. The van der Waals surface area contributed by atoms with Crippen molar-refractivity contribution < 1.29 is 14.2 Å². The topological polar surface area (TPSA) is 78.1 Å². The Morgan fingerprint density at radius 2 is 1.92 bits per heavy atom. The van der Waals surface area contributed by atoms with Crippen molar-refractivity contribution in [3.63, 3.8) is 0 Å². The molecule has 7 heteroatoms. The SMILES string of the molecule is Cc1ccc2c(c1)OC(c1ccc3c(c1)OCCO3)CC2=NNC(N)=S. The summed E-state index contributed by atoms with van der Waals surface area (Å²) in [6.07, 6.45) is 0.401. The van der Waals surface area contributed by atoms with E-state index in [9.17, 15) is 0 Å². The van der Waals surface area contributed by atoms with Gasteiger partial charge in [0.2, 0.25) is 0 Å². The number of nitrogens with two attached hydrogens (primary N) is 1. The first-order valence-electron chi connectivity index (χ1n) is 8.39. The Kier molecular flexibility index (Phi) is 4.38. The van der Waals surface area contributed by atoms with E-state index in [0.29, 0.717) is 19.6 Å². The third-order valence-corrected chi connectivity index (χ3v) is 4.43. The van der Waals surface area contributed by atoms with Crippen LogP contribution in [0.25, 0.3) is 0 Å². The van der Waals surface area contributed by atoms with Gasteiger partial charge in [0.1, 0.15) is 25.1 Å². The summed E-state index contributed by atoms with van der Waals surface area (Å²) in [7, 11) is 0. The molecule has 2 aromatic rings. The number of benzene rings is 2. The van der Waals surface area contributed by atoms with Crippen LogP contribution in [-0.2, 0) is 0 Å². The van der Waals surface area contributed by atoms with E-state index in [1.807, 2.05) is 43.3 Å². The summed E-state index contributed by atoms with van der Waals surface area (Å²) in [5.41, 5.74) is 12.1. The van der Waals surface area contributed by atoms with Crippen molar-refractivity contribution in [3.8, 4) is 17.2 Å². The number of ether oxygens (including phenoxy) is 3. The fraction of sp³-hybridized carbons (Fsp3) is 0.263. The Morgan fingerprint density at radius 1 is 1.12 bits per heavy atom. The van der Waals surface area contributed by atoms with Crippen molar-refractivity contribution in [2.24, 2.45) is 10.8 Å². The van der Waals surface area contributed by atoms with E-state index in [1.54, 1.807) is 0 Å². The lowest BCUT2D eigenvalue weighted by atomic mass is 9.94. The summed E-state index contributed by atoms with van der Waals surface area (Å²) in [6, 6.07) is 11.9. The lowest BCUT2D eigenvalue weighted by Gasteiger charge is -2.29. The van der Waals surface area contributed by atoms with Crippen LogP contribution in [0.5, 0.6) is 17.2 Å². The van der Waals surface area contributed by atoms with Crippen molar-refractivity contribution in [1.82, 2.24) is 5.43 Å². The lowest BCUT2D eigenvalue weighted by molar-refractivity contribution is 0.169. The van der Waals surface area contributed by atoms with Crippen LogP contribution in [0.3, 0.4) is 0 Å². The van der Waals surface area contributed by atoms with E-state index in [1.165, 1.54) is 0 Å². The summed E-state index contributed by atoms with van der Waals surface area (Å²) in [4.78, 5) is 0. The molecule has 0 bridgehead atoms. The standard InChI is InChI=1S/C19H19N3O3S/c1-11-2-4-13-14(21-22-19(20)26)10-16(25-17(13)8-11)12-3-5-15-18(9-12)24-7-6-23-15/h2-5,8-9,16H,6-7,10H2,1H3,(H3,20,22,26). The minimum Gasteiger partial charge on any atom is -0.486 e. The zero-order valence-corrected chi connectivity index (χ0v) is 15.1. The minimum absolute atomic E-state index is 0.133. The average Bonchev–Trinajstić information content (AvgIpc) is 2.65. The molecule has 0 aromatic heterocycles. The molecule has 1 atom stereocenters. The number of hydrogen-bond donors (Lipinski definition) is 2. The smallest absolute Gasteiger partial charge is 0.184 e. The van der Waals surface area contributed by atoms with E-state index in [4.69, 9.17) is 32.2 Å². The molecule has 0 amide bonds. The second kappa shape index (κ2) is 6.84. The van der Waals surface area contributed by atoms with Gasteiger partial charge in [-0.2, -0.15) is 5.10 Å². The second-order valence-corrected chi connectivity index (χ2v) is 6.69. The summed E-state index contributed by atoms with van der Waals surface area (Å²) < 4.78 is 17.5. The van der Waals surface area contributed by atoms with Gasteiger partial charge >= 0.3 is 0 Å². The fourth-order valence-corrected chi connectivity index (χ4v) is 3.17. The number of hydrazone groups is 1. The maximum atomic E-state index is 6.26. The highest BCUT2D eigenvalue weighted by Crippen LogP contribution is 2.39. The number of aryl methyl sites for hydroxylation is 1. The molecule has 4 rings (SSSR count). The number of hydrogen-bond acceptors (Lipinski definition) is 5. The Hall–Kier alpha value is -2.80. The van der Waals surface area contributed by atoms with Crippen molar-refractivity contribution in [3.05, 3.63) is 53.1 Å². The van der Waals surface area contributed by atoms with Crippen molar-refractivity contribution in [2.75, 3.05) is 13.2 Å². The first kappa shape index (κ1) is 16.7. The van der Waals surface area contributed by atoms with Gasteiger partial charge < -0.3 is 19.9 Å². The molecule has 26 heavy (non-hydrogen) atoms. The quantitative estimate of drug-likeness (QED) is 0.626. The average molecular weight is 369 g/mol. The van der Waals surface area contributed by atoms with Crippen LogP contribution in [0.2, 0.25) is 0 Å². The zero-order chi connectivity index (χ0) is 18.1. The molecular formula is C19H19N3O3S. The van der Waals surface area contributed by atoms with E-state index in [-0.39, 0.29) is 11.2 Å². The number of fused-ring (bicyclic) bond motifs is 2. The molecule has 0 saturated heterocycles. The Balaban J connectivity index is 1.70. The van der Waals surface area contributed by atoms with E-state index >= 15 is 0 Å². The highest BCUT2D eigenvalue weighted by molar-refractivity contribution is 7.80. The van der Waals surface area contributed by atoms with E-state index < -0.39 is 0 Å². The lowest BCUT2D eigenvalue weighted by Crippen LogP contribution is -2.28. The highest BCUT2D eigenvalue weighted by Gasteiger charge is 2.28. The first-order valence-corrected chi connectivity index (χ1v) is 8.80. The predicted molar refractivity (Wildman–Crippen MR) is 103 cm³/mol. The fourth-order valence-electron chi connectivity index (χ4n) is 3.12. The number of nitrogens with one attached hydrogen (secondary N) is 1. The van der Waals surface area contributed by atoms with Crippen LogP contribution in [0.1, 0.15) is 29.2 Å². The summed E-state index contributed by atoms with van der Waals surface area (Å²) >= 11 is 4.87. The van der Waals surface area contributed by atoms with Gasteiger partial charge in [-0.1, -0.05) is 12.1 Å². The minimum atomic E-state index is -0.188. The molecule has 2 aliphatic heterocycles. The molecular weight excluding hydrogens is 350 g/mol. The van der Waals surface area contributed by atoms with Gasteiger partial charge in [-0.05, 0) is 54.5 Å².